The van der Waals surface area contributed by atoms with E-state index in [0.29, 0.717) is 28.0 Å². The average molecular weight is 567 g/mol. The van der Waals surface area contributed by atoms with Crippen molar-refractivity contribution in [2.24, 2.45) is 0 Å². The van der Waals surface area contributed by atoms with E-state index in [2.05, 4.69) is 23.7 Å². The minimum Gasteiger partial charge on any atom is -0.497 e. The highest BCUT2D eigenvalue weighted by molar-refractivity contribution is 6.60. The van der Waals surface area contributed by atoms with Crippen LogP contribution in [0.15, 0.2) is 108 Å². The fourth-order valence-electron chi connectivity index (χ4n) is 4.86. The van der Waals surface area contributed by atoms with Crippen LogP contribution in [0.1, 0.15) is 28.1 Å². The molecule has 0 saturated carbocycles. The highest BCUT2D eigenvalue weighted by Gasteiger charge is 2.56. The first kappa shape index (κ1) is 25.8. The minimum absolute atomic E-state index is 0.00831. The maximum Gasteiger partial charge on any atom is 0.739 e. The zero-order valence-electron chi connectivity index (χ0n) is 21.1. The average Bonchev–Trinajstić information content (AvgIpc) is 3.49. The van der Waals surface area contributed by atoms with Gasteiger partial charge in [-0.1, -0.05) is 83.6 Å². The normalized spacial score (nSPS) is 14.9. The maximum absolute atomic E-state index is 16.7. The number of allylic oxidation sites excluding steroid dienone is 2. The number of hydrogen-bond acceptors (Lipinski definition) is 1. The van der Waals surface area contributed by atoms with Crippen LogP contribution in [-0.2, 0) is 0 Å². The molecular formula is C32H19BCl2F2N2O. The van der Waals surface area contributed by atoms with Crippen molar-refractivity contribution in [3.63, 3.8) is 0 Å². The molecule has 0 aliphatic carbocycles. The standard InChI is InChI=1S/C32H19BCl2F2N2O/c1-40-25-16-14-24(15-17-25)32-30-20-26(34)28(18-12-22-8-4-2-5-9-22)38(30)33(36,37)39-29(27(35)21-31(32)39)19-13-23-10-6-3-7-11-23/h2-11,14-17,20-21H,1H3. The molecule has 6 rings (SSSR count). The van der Waals surface area contributed by atoms with Gasteiger partial charge in [0.2, 0.25) is 5.71 Å². The van der Waals surface area contributed by atoms with Gasteiger partial charge in [-0.05, 0) is 53.9 Å². The van der Waals surface area contributed by atoms with Crippen LogP contribution < -0.4 is 4.74 Å². The first-order chi connectivity index (χ1) is 19.4. The third-order valence-electron chi connectivity index (χ3n) is 6.69. The van der Waals surface area contributed by atoms with Crippen molar-refractivity contribution < 1.29 is 17.9 Å². The number of rotatable bonds is 2. The predicted octanol–water partition coefficient (Wildman–Crippen LogP) is 7.19. The van der Waals surface area contributed by atoms with Gasteiger partial charge in [0.25, 0.3) is 0 Å². The lowest BCUT2D eigenvalue weighted by Crippen LogP contribution is -2.51. The van der Waals surface area contributed by atoms with Gasteiger partial charge in [0.05, 0.1) is 23.4 Å². The molecule has 0 fully saturated rings. The van der Waals surface area contributed by atoms with Gasteiger partial charge in [-0.25, -0.2) is 0 Å². The summed E-state index contributed by atoms with van der Waals surface area (Å²) in [6.45, 7) is -4.48. The topological polar surface area (TPSA) is 17.2 Å². The maximum atomic E-state index is 16.7. The van der Waals surface area contributed by atoms with E-state index in [-0.39, 0.29) is 32.9 Å². The molecule has 3 nitrogen and oxygen atoms in total. The Balaban J connectivity index is 1.63. The van der Waals surface area contributed by atoms with Gasteiger partial charge in [0.1, 0.15) is 10.8 Å². The van der Waals surface area contributed by atoms with E-state index in [1.54, 1.807) is 43.5 Å². The number of ether oxygens (including phenoxy) is 1. The van der Waals surface area contributed by atoms with Crippen LogP contribution in [0.5, 0.6) is 5.75 Å². The van der Waals surface area contributed by atoms with Crippen LogP contribution in [0.25, 0.3) is 5.57 Å². The molecule has 0 saturated heterocycles. The van der Waals surface area contributed by atoms with E-state index in [9.17, 15) is 0 Å². The van der Waals surface area contributed by atoms with Gasteiger partial charge < -0.3 is 22.3 Å². The molecular weight excluding hydrogens is 548 g/mol. The summed E-state index contributed by atoms with van der Waals surface area (Å²) in [5.74, 6) is 12.4. The quantitative estimate of drug-likeness (QED) is 0.185. The van der Waals surface area contributed by atoms with Crippen LogP contribution in [0.3, 0.4) is 0 Å². The summed E-state index contributed by atoms with van der Waals surface area (Å²) < 4.78 is 40.6. The van der Waals surface area contributed by atoms with Crippen LogP contribution in [0.2, 0.25) is 5.02 Å². The van der Waals surface area contributed by atoms with Crippen molar-refractivity contribution in [1.29, 1.82) is 0 Å². The van der Waals surface area contributed by atoms with Gasteiger partial charge in [0.15, 0.2) is 5.70 Å². The number of aromatic nitrogens is 1. The molecule has 0 N–H and O–H groups in total. The molecule has 2 aliphatic rings. The second kappa shape index (κ2) is 10.2. The number of fused-ring (bicyclic) bond motifs is 2. The molecule has 0 atom stereocenters. The molecule has 4 aromatic rings. The second-order valence-corrected chi connectivity index (χ2v) is 9.93. The largest absolute Gasteiger partial charge is 0.739 e. The van der Waals surface area contributed by atoms with Crippen LogP contribution in [0.4, 0.5) is 8.63 Å². The lowest BCUT2D eigenvalue weighted by molar-refractivity contribution is -0.360. The summed E-state index contributed by atoms with van der Waals surface area (Å²) in [4.78, 5) is 0. The zero-order chi connectivity index (χ0) is 27.9. The lowest BCUT2D eigenvalue weighted by Gasteiger charge is -2.32. The lowest BCUT2D eigenvalue weighted by atomic mass is 9.85. The SMILES string of the molecule is COc1ccc(C2=C3C=C(Cl)C(C#Cc4ccccc4)=[N+]3[B-](F)(F)n3c2cc(Cl)c3C#Cc2ccccc2)cc1. The summed E-state index contributed by atoms with van der Waals surface area (Å²) in [5, 5.41) is 0.250. The molecule has 8 heteroatoms. The van der Waals surface area contributed by atoms with Gasteiger partial charge in [-0.15, -0.1) is 0 Å². The van der Waals surface area contributed by atoms with Crippen molar-refractivity contribution in [3.05, 3.63) is 141 Å². The molecule has 40 heavy (non-hydrogen) atoms. The Hall–Kier alpha value is -4.49. The molecule has 0 unspecified atom stereocenters. The minimum atomic E-state index is -4.48. The van der Waals surface area contributed by atoms with E-state index in [1.165, 1.54) is 12.1 Å². The molecule has 1 aromatic heterocycles. The predicted molar refractivity (Wildman–Crippen MR) is 157 cm³/mol. The molecule has 2 aliphatic heterocycles. The Kier molecular flexibility index (Phi) is 6.60. The third-order valence-corrected chi connectivity index (χ3v) is 7.27. The third kappa shape index (κ3) is 4.42. The summed E-state index contributed by atoms with van der Waals surface area (Å²) in [6.07, 6.45) is 1.53. The van der Waals surface area contributed by atoms with Crippen molar-refractivity contribution in [2.45, 2.75) is 0 Å². The van der Waals surface area contributed by atoms with Crippen LogP contribution in [0, 0.1) is 23.7 Å². The van der Waals surface area contributed by atoms with Crippen molar-refractivity contribution in [2.75, 3.05) is 7.11 Å². The summed E-state index contributed by atoms with van der Waals surface area (Å²) in [7, 11) is 1.57. The van der Waals surface area contributed by atoms with E-state index in [4.69, 9.17) is 27.9 Å². The Bertz CT molecular complexity index is 1870. The number of methoxy groups -OCH3 is 1. The summed E-state index contributed by atoms with van der Waals surface area (Å²) in [6, 6.07) is 27.0. The van der Waals surface area contributed by atoms with Gasteiger partial charge in [-0.2, -0.15) is 0 Å². The van der Waals surface area contributed by atoms with Crippen molar-refractivity contribution in [1.82, 2.24) is 4.48 Å². The molecule has 194 valence electrons. The highest BCUT2D eigenvalue weighted by atomic mass is 35.5. The Morgan fingerprint density at radius 3 is 2.00 bits per heavy atom. The van der Waals surface area contributed by atoms with Gasteiger partial charge >= 0.3 is 6.97 Å². The smallest absolute Gasteiger partial charge is 0.497 e. The Morgan fingerprint density at radius 2 is 1.40 bits per heavy atom. The molecule has 3 aromatic carbocycles. The molecule has 0 amide bonds. The number of nitrogens with zero attached hydrogens (tertiary/aromatic N) is 2. The first-order valence-corrected chi connectivity index (χ1v) is 13.1. The zero-order valence-corrected chi connectivity index (χ0v) is 22.6. The van der Waals surface area contributed by atoms with Gasteiger partial charge in [-0.3, -0.25) is 0 Å². The number of hydrogen-bond donors (Lipinski definition) is 0. The first-order valence-electron chi connectivity index (χ1n) is 12.4. The van der Waals surface area contributed by atoms with E-state index in [1.807, 2.05) is 48.5 Å². The van der Waals surface area contributed by atoms with E-state index in [0.717, 1.165) is 8.96 Å². The molecule has 0 bridgehead atoms. The molecule has 0 radical (unpaired) electrons. The fraction of sp³-hybridized carbons (Fsp3) is 0.0312. The van der Waals surface area contributed by atoms with Crippen LogP contribution >= 0.6 is 23.2 Å². The molecule has 0 spiro atoms. The van der Waals surface area contributed by atoms with Crippen molar-refractivity contribution in [3.8, 4) is 29.4 Å². The summed E-state index contributed by atoms with van der Waals surface area (Å²) >= 11 is 13.2. The fourth-order valence-corrected chi connectivity index (χ4v) is 5.35. The second-order valence-electron chi connectivity index (χ2n) is 9.12. The van der Waals surface area contributed by atoms with E-state index >= 15 is 8.63 Å². The number of benzene rings is 3. The highest BCUT2D eigenvalue weighted by Crippen LogP contribution is 2.44. The van der Waals surface area contributed by atoms with Gasteiger partial charge in [0, 0.05) is 28.8 Å². The number of halogens is 4. The Labute approximate surface area is 240 Å². The van der Waals surface area contributed by atoms with Crippen molar-refractivity contribution >= 4 is 41.5 Å². The van der Waals surface area contributed by atoms with Crippen LogP contribution in [-0.4, -0.2) is 28.8 Å². The van der Waals surface area contributed by atoms with E-state index < -0.39 is 6.97 Å². The summed E-state index contributed by atoms with van der Waals surface area (Å²) in [5.41, 5.74) is 3.06. The monoisotopic (exact) mass is 566 g/mol. The Morgan fingerprint density at radius 1 is 0.800 bits per heavy atom. The molecule has 3 heterocycles.